The standard InChI is InChI=1S/C19H27NO/c1-18(2,3)20(17(21)14-10-11-14)13-16-12-19(16,4)15-8-6-5-7-9-15/h5-9,14,16H,10-13H2,1-4H3. The topological polar surface area (TPSA) is 20.3 Å². The summed E-state index contributed by atoms with van der Waals surface area (Å²) >= 11 is 0. The Morgan fingerprint density at radius 1 is 1.24 bits per heavy atom. The molecule has 3 rings (SSSR count). The molecule has 2 aliphatic rings. The van der Waals surface area contributed by atoms with E-state index in [1.807, 2.05) is 0 Å². The summed E-state index contributed by atoms with van der Waals surface area (Å²) in [6, 6.07) is 10.8. The van der Waals surface area contributed by atoms with Crippen molar-refractivity contribution in [3.05, 3.63) is 35.9 Å². The van der Waals surface area contributed by atoms with Gasteiger partial charge in [0.15, 0.2) is 0 Å². The molecule has 1 amide bonds. The third-order valence-corrected chi connectivity index (χ3v) is 5.25. The molecule has 114 valence electrons. The molecule has 1 aromatic carbocycles. The molecule has 0 spiro atoms. The molecule has 0 aromatic heterocycles. The van der Waals surface area contributed by atoms with Crippen molar-refractivity contribution < 1.29 is 4.79 Å². The highest BCUT2D eigenvalue weighted by atomic mass is 16.2. The first-order valence-electron chi connectivity index (χ1n) is 8.19. The predicted octanol–water partition coefficient (Wildman–Crippen LogP) is 4.00. The van der Waals surface area contributed by atoms with Gasteiger partial charge in [-0.25, -0.2) is 0 Å². The lowest BCUT2D eigenvalue weighted by molar-refractivity contribution is -0.137. The Kier molecular flexibility index (Phi) is 3.38. The highest BCUT2D eigenvalue weighted by Crippen LogP contribution is 2.54. The molecule has 21 heavy (non-hydrogen) atoms. The number of carbonyl (C=O) groups excluding carboxylic acids is 1. The monoisotopic (exact) mass is 285 g/mol. The number of carbonyl (C=O) groups is 1. The first-order valence-corrected chi connectivity index (χ1v) is 8.19. The Labute approximate surface area is 128 Å². The Balaban J connectivity index is 1.72. The van der Waals surface area contributed by atoms with Crippen LogP contribution in [0.3, 0.4) is 0 Å². The normalized spacial score (nSPS) is 28.3. The van der Waals surface area contributed by atoms with E-state index in [0.717, 1.165) is 19.4 Å². The Bertz CT molecular complexity index is 526. The molecule has 0 saturated heterocycles. The van der Waals surface area contributed by atoms with Crippen molar-refractivity contribution in [3.63, 3.8) is 0 Å². The second kappa shape index (κ2) is 4.86. The molecule has 0 bridgehead atoms. The predicted molar refractivity (Wildman–Crippen MR) is 86.1 cm³/mol. The van der Waals surface area contributed by atoms with Gasteiger partial charge in [0.2, 0.25) is 5.91 Å². The summed E-state index contributed by atoms with van der Waals surface area (Å²) in [5.41, 5.74) is 1.61. The Hall–Kier alpha value is -1.31. The van der Waals surface area contributed by atoms with Crippen LogP contribution in [-0.4, -0.2) is 22.9 Å². The third kappa shape index (κ3) is 2.86. The van der Waals surface area contributed by atoms with Crippen molar-refractivity contribution in [2.24, 2.45) is 11.8 Å². The lowest BCUT2D eigenvalue weighted by atomic mass is 9.94. The van der Waals surface area contributed by atoms with Crippen LogP contribution < -0.4 is 0 Å². The van der Waals surface area contributed by atoms with Gasteiger partial charge in [0.1, 0.15) is 0 Å². The zero-order valence-electron chi connectivity index (χ0n) is 13.7. The number of benzene rings is 1. The molecule has 0 radical (unpaired) electrons. The van der Waals surface area contributed by atoms with Gasteiger partial charge in [-0.3, -0.25) is 4.79 Å². The minimum Gasteiger partial charge on any atom is -0.337 e. The summed E-state index contributed by atoms with van der Waals surface area (Å²) in [5, 5.41) is 0. The van der Waals surface area contributed by atoms with E-state index in [1.54, 1.807) is 0 Å². The zero-order valence-corrected chi connectivity index (χ0v) is 13.7. The summed E-state index contributed by atoms with van der Waals surface area (Å²) in [5.74, 6) is 1.29. The highest BCUT2D eigenvalue weighted by molar-refractivity contribution is 5.81. The van der Waals surface area contributed by atoms with Crippen LogP contribution in [0.4, 0.5) is 0 Å². The maximum absolute atomic E-state index is 12.6. The molecule has 1 aromatic rings. The van der Waals surface area contributed by atoms with Gasteiger partial charge in [0, 0.05) is 18.0 Å². The lowest BCUT2D eigenvalue weighted by Gasteiger charge is -2.36. The van der Waals surface area contributed by atoms with Crippen LogP contribution in [0.15, 0.2) is 30.3 Å². The van der Waals surface area contributed by atoms with Crippen LogP contribution >= 0.6 is 0 Å². The van der Waals surface area contributed by atoms with Gasteiger partial charge in [0.25, 0.3) is 0 Å². The van der Waals surface area contributed by atoms with E-state index in [2.05, 4.69) is 62.9 Å². The first kappa shape index (κ1) is 14.6. The SMILES string of the molecule is CC1(c2ccccc2)CC1CN(C(=O)C1CC1)C(C)(C)C. The minimum absolute atomic E-state index is 0.0696. The number of amides is 1. The summed E-state index contributed by atoms with van der Waals surface area (Å²) in [6.45, 7) is 9.74. The van der Waals surface area contributed by atoms with Gasteiger partial charge in [-0.2, -0.15) is 0 Å². The maximum atomic E-state index is 12.6. The minimum atomic E-state index is -0.0696. The largest absolute Gasteiger partial charge is 0.337 e. The fourth-order valence-corrected chi connectivity index (χ4v) is 3.36. The average Bonchev–Trinajstić information content (AvgIpc) is 3.32. The van der Waals surface area contributed by atoms with Gasteiger partial charge >= 0.3 is 0 Å². The molecule has 2 atom stereocenters. The van der Waals surface area contributed by atoms with Gasteiger partial charge in [-0.1, -0.05) is 37.3 Å². The van der Waals surface area contributed by atoms with E-state index < -0.39 is 0 Å². The molecule has 2 unspecified atom stereocenters. The van der Waals surface area contributed by atoms with Crippen molar-refractivity contribution in [3.8, 4) is 0 Å². The van der Waals surface area contributed by atoms with Crippen molar-refractivity contribution >= 4 is 5.91 Å². The maximum Gasteiger partial charge on any atom is 0.226 e. The van der Waals surface area contributed by atoms with E-state index in [4.69, 9.17) is 0 Å². The molecule has 0 N–H and O–H groups in total. The van der Waals surface area contributed by atoms with Crippen molar-refractivity contribution in [2.75, 3.05) is 6.54 Å². The molecule has 2 saturated carbocycles. The van der Waals surface area contributed by atoms with Gasteiger partial charge in [-0.05, 0) is 56.9 Å². The molecule has 0 aliphatic heterocycles. The summed E-state index contributed by atoms with van der Waals surface area (Å²) < 4.78 is 0. The van der Waals surface area contributed by atoms with Crippen LogP contribution in [-0.2, 0) is 10.2 Å². The molecule has 2 nitrogen and oxygen atoms in total. The van der Waals surface area contributed by atoms with Crippen molar-refractivity contribution in [1.82, 2.24) is 4.90 Å². The summed E-state index contributed by atoms with van der Waals surface area (Å²) in [6.07, 6.45) is 3.37. The first-order chi connectivity index (χ1) is 9.82. The molecule has 2 heteroatoms. The number of nitrogens with zero attached hydrogens (tertiary/aromatic N) is 1. The third-order valence-electron chi connectivity index (χ3n) is 5.25. The van der Waals surface area contributed by atoms with Gasteiger partial charge in [-0.15, -0.1) is 0 Å². The quantitative estimate of drug-likeness (QED) is 0.819. The second-order valence-electron chi connectivity index (χ2n) is 8.08. The number of hydrogen-bond acceptors (Lipinski definition) is 1. The smallest absolute Gasteiger partial charge is 0.226 e. The molecular formula is C19H27NO. The highest BCUT2D eigenvalue weighted by Gasteiger charge is 2.53. The van der Waals surface area contributed by atoms with E-state index in [9.17, 15) is 4.79 Å². The van der Waals surface area contributed by atoms with E-state index in [0.29, 0.717) is 17.7 Å². The molecular weight excluding hydrogens is 258 g/mol. The summed E-state index contributed by atoms with van der Waals surface area (Å²) in [4.78, 5) is 14.7. The van der Waals surface area contributed by atoms with Gasteiger partial charge in [0.05, 0.1) is 0 Å². The number of rotatable bonds is 4. The molecule has 2 aliphatic carbocycles. The molecule has 2 fully saturated rings. The van der Waals surface area contributed by atoms with Crippen LogP contribution in [0.5, 0.6) is 0 Å². The van der Waals surface area contributed by atoms with E-state index in [1.165, 1.54) is 12.0 Å². The second-order valence-corrected chi connectivity index (χ2v) is 8.08. The van der Waals surface area contributed by atoms with Gasteiger partial charge < -0.3 is 4.90 Å². The van der Waals surface area contributed by atoms with Crippen LogP contribution in [0.1, 0.15) is 52.5 Å². The lowest BCUT2D eigenvalue weighted by Crippen LogP contribution is -2.48. The Morgan fingerprint density at radius 3 is 2.38 bits per heavy atom. The zero-order chi connectivity index (χ0) is 15.3. The van der Waals surface area contributed by atoms with E-state index >= 15 is 0 Å². The van der Waals surface area contributed by atoms with Crippen LogP contribution in [0.25, 0.3) is 0 Å². The fraction of sp³-hybridized carbons (Fsp3) is 0.632. The van der Waals surface area contributed by atoms with Crippen molar-refractivity contribution in [1.29, 1.82) is 0 Å². The summed E-state index contributed by atoms with van der Waals surface area (Å²) in [7, 11) is 0. The molecule has 0 heterocycles. The number of hydrogen-bond donors (Lipinski definition) is 0. The van der Waals surface area contributed by atoms with Crippen molar-refractivity contribution in [2.45, 2.75) is 57.9 Å². The van der Waals surface area contributed by atoms with Crippen LogP contribution in [0.2, 0.25) is 0 Å². The Morgan fingerprint density at radius 2 is 1.86 bits per heavy atom. The van der Waals surface area contributed by atoms with E-state index in [-0.39, 0.29) is 11.0 Å². The fourth-order valence-electron chi connectivity index (χ4n) is 3.36. The average molecular weight is 285 g/mol. The van der Waals surface area contributed by atoms with Crippen LogP contribution in [0, 0.1) is 11.8 Å².